The van der Waals surface area contributed by atoms with E-state index in [1.165, 1.54) is 5.56 Å². The molecule has 2 amide bonds. The Morgan fingerprint density at radius 1 is 1.16 bits per heavy atom. The van der Waals surface area contributed by atoms with Crippen molar-refractivity contribution in [2.24, 2.45) is 0 Å². The van der Waals surface area contributed by atoms with Crippen LogP contribution in [0.1, 0.15) is 36.1 Å². The molecular formula is C20H24N2O3. The zero-order valence-corrected chi connectivity index (χ0v) is 14.4. The standard InChI is InChI=1S/C20H24N2O3/c1-14(13-23)21-20(24)22-19(15-6-3-2-4-7-15)17-9-10-18-16(12-17)8-5-11-25-18/h2-4,6-7,9-10,12,14,19,23H,5,8,11,13H2,1H3,(H2,21,22,24). The van der Waals surface area contributed by atoms with Gasteiger partial charge in [-0.05, 0) is 48.6 Å². The van der Waals surface area contributed by atoms with Crippen molar-refractivity contribution in [1.29, 1.82) is 0 Å². The van der Waals surface area contributed by atoms with Crippen LogP contribution in [0.4, 0.5) is 4.79 Å². The Morgan fingerprint density at radius 3 is 2.72 bits per heavy atom. The SMILES string of the molecule is CC(CO)NC(=O)NC(c1ccccc1)c1ccc2c(c1)CCCO2. The minimum absolute atomic E-state index is 0.0976. The smallest absolute Gasteiger partial charge is 0.315 e. The van der Waals surface area contributed by atoms with Crippen LogP contribution in [0.25, 0.3) is 0 Å². The van der Waals surface area contributed by atoms with E-state index in [4.69, 9.17) is 9.84 Å². The summed E-state index contributed by atoms with van der Waals surface area (Å²) in [7, 11) is 0. The molecule has 2 aromatic rings. The molecular weight excluding hydrogens is 316 g/mol. The second-order valence-corrected chi connectivity index (χ2v) is 6.36. The number of nitrogens with one attached hydrogen (secondary N) is 2. The number of carbonyl (C=O) groups excluding carboxylic acids is 1. The molecule has 1 heterocycles. The van der Waals surface area contributed by atoms with Gasteiger partial charge in [0.2, 0.25) is 0 Å². The maximum Gasteiger partial charge on any atom is 0.315 e. The van der Waals surface area contributed by atoms with E-state index in [0.717, 1.165) is 36.3 Å². The summed E-state index contributed by atoms with van der Waals surface area (Å²) in [4.78, 5) is 12.3. The molecule has 1 aliphatic heterocycles. The van der Waals surface area contributed by atoms with E-state index >= 15 is 0 Å². The maximum absolute atomic E-state index is 12.3. The number of amides is 2. The Kier molecular flexibility index (Phi) is 5.56. The summed E-state index contributed by atoms with van der Waals surface area (Å²) in [6.07, 6.45) is 1.99. The van der Waals surface area contributed by atoms with Crippen LogP contribution in [0.3, 0.4) is 0 Å². The summed E-state index contributed by atoms with van der Waals surface area (Å²) in [5, 5.41) is 14.9. The summed E-state index contributed by atoms with van der Waals surface area (Å²) in [6, 6.07) is 15.1. The van der Waals surface area contributed by atoms with Crippen molar-refractivity contribution < 1.29 is 14.6 Å². The molecule has 1 aliphatic rings. The highest BCUT2D eigenvalue weighted by molar-refractivity contribution is 5.75. The monoisotopic (exact) mass is 340 g/mol. The van der Waals surface area contributed by atoms with E-state index in [9.17, 15) is 4.79 Å². The fourth-order valence-electron chi connectivity index (χ4n) is 3.01. The van der Waals surface area contributed by atoms with Gasteiger partial charge in [-0.15, -0.1) is 0 Å². The van der Waals surface area contributed by atoms with Gasteiger partial charge < -0.3 is 20.5 Å². The number of fused-ring (bicyclic) bond motifs is 1. The van der Waals surface area contributed by atoms with Gasteiger partial charge in [-0.1, -0.05) is 36.4 Å². The molecule has 132 valence electrons. The topological polar surface area (TPSA) is 70.6 Å². The largest absolute Gasteiger partial charge is 0.493 e. The molecule has 0 saturated heterocycles. The van der Waals surface area contributed by atoms with Crippen LogP contribution < -0.4 is 15.4 Å². The van der Waals surface area contributed by atoms with Gasteiger partial charge >= 0.3 is 6.03 Å². The Bertz CT molecular complexity index is 718. The lowest BCUT2D eigenvalue weighted by molar-refractivity contribution is 0.219. The van der Waals surface area contributed by atoms with Crippen LogP contribution in [0.2, 0.25) is 0 Å². The first-order valence-corrected chi connectivity index (χ1v) is 8.66. The van der Waals surface area contributed by atoms with Crippen molar-refractivity contribution in [2.45, 2.75) is 31.8 Å². The number of ether oxygens (including phenoxy) is 1. The molecule has 0 fully saturated rings. The zero-order chi connectivity index (χ0) is 17.6. The number of aryl methyl sites for hydroxylation is 1. The third-order valence-corrected chi connectivity index (χ3v) is 4.33. The van der Waals surface area contributed by atoms with Crippen molar-refractivity contribution in [2.75, 3.05) is 13.2 Å². The van der Waals surface area contributed by atoms with Crippen LogP contribution in [0.15, 0.2) is 48.5 Å². The van der Waals surface area contributed by atoms with Crippen LogP contribution in [-0.2, 0) is 6.42 Å². The molecule has 0 saturated carbocycles. The molecule has 0 radical (unpaired) electrons. The van der Waals surface area contributed by atoms with Gasteiger partial charge in [-0.3, -0.25) is 0 Å². The predicted molar refractivity (Wildman–Crippen MR) is 96.8 cm³/mol. The third kappa shape index (κ3) is 4.31. The number of benzene rings is 2. The number of hydrogen-bond acceptors (Lipinski definition) is 3. The molecule has 0 bridgehead atoms. The van der Waals surface area contributed by atoms with Gasteiger partial charge in [-0.25, -0.2) is 4.79 Å². The summed E-state index contributed by atoms with van der Waals surface area (Å²) in [5.74, 6) is 0.931. The Morgan fingerprint density at radius 2 is 1.96 bits per heavy atom. The quantitative estimate of drug-likeness (QED) is 0.784. The summed E-state index contributed by atoms with van der Waals surface area (Å²) in [5.41, 5.74) is 3.20. The van der Waals surface area contributed by atoms with Crippen LogP contribution in [0, 0.1) is 0 Å². The lowest BCUT2D eigenvalue weighted by Gasteiger charge is -2.24. The van der Waals surface area contributed by atoms with E-state index in [1.54, 1.807) is 6.92 Å². The number of aliphatic hydroxyl groups excluding tert-OH is 1. The highest BCUT2D eigenvalue weighted by Gasteiger charge is 2.20. The number of rotatable bonds is 5. The normalized spacial score (nSPS) is 15.4. The number of carbonyl (C=O) groups is 1. The van der Waals surface area contributed by atoms with Crippen molar-refractivity contribution in [3.63, 3.8) is 0 Å². The minimum atomic E-state index is -0.302. The van der Waals surface area contributed by atoms with Crippen LogP contribution in [-0.4, -0.2) is 30.4 Å². The molecule has 3 rings (SSSR count). The third-order valence-electron chi connectivity index (χ3n) is 4.33. The Balaban J connectivity index is 1.87. The van der Waals surface area contributed by atoms with Gasteiger partial charge in [0.1, 0.15) is 5.75 Å². The molecule has 5 heteroatoms. The van der Waals surface area contributed by atoms with Crippen LogP contribution in [0.5, 0.6) is 5.75 Å². The van der Waals surface area contributed by atoms with E-state index in [2.05, 4.69) is 16.7 Å². The molecule has 5 nitrogen and oxygen atoms in total. The Labute approximate surface area is 148 Å². The second-order valence-electron chi connectivity index (χ2n) is 6.36. The van der Waals surface area contributed by atoms with E-state index < -0.39 is 0 Å². The van der Waals surface area contributed by atoms with Crippen molar-refractivity contribution >= 4 is 6.03 Å². The van der Waals surface area contributed by atoms with Crippen LogP contribution >= 0.6 is 0 Å². The lowest BCUT2D eigenvalue weighted by Crippen LogP contribution is -2.44. The summed E-state index contributed by atoms with van der Waals surface area (Å²) < 4.78 is 5.68. The molecule has 0 aliphatic carbocycles. The first-order valence-electron chi connectivity index (χ1n) is 8.66. The first-order chi connectivity index (χ1) is 12.2. The molecule has 2 unspecified atom stereocenters. The van der Waals surface area contributed by atoms with E-state index in [0.29, 0.717) is 0 Å². The minimum Gasteiger partial charge on any atom is -0.493 e. The number of hydrogen-bond donors (Lipinski definition) is 3. The van der Waals surface area contributed by atoms with E-state index in [-0.39, 0.29) is 24.7 Å². The van der Waals surface area contributed by atoms with Gasteiger partial charge in [0.15, 0.2) is 0 Å². The summed E-state index contributed by atoms with van der Waals surface area (Å²) >= 11 is 0. The molecule has 0 aromatic heterocycles. The van der Waals surface area contributed by atoms with Gasteiger partial charge in [0.25, 0.3) is 0 Å². The number of urea groups is 1. The molecule has 25 heavy (non-hydrogen) atoms. The summed E-state index contributed by atoms with van der Waals surface area (Å²) in [6.45, 7) is 2.42. The lowest BCUT2D eigenvalue weighted by atomic mass is 9.95. The molecule has 2 aromatic carbocycles. The average molecular weight is 340 g/mol. The van der Waals surface area contributed by atoms with Gasteiger partial charge in [0, 0.05) is 0 Å². The fraction of sp³-hybridized carbons (Fsp3) is 0.350. The van der Waals surface area contributed by atoms with Gasteiger partial charge in [-0.2, -0.15) is 0 Å². The van der Waals surface area contributed by atoms with Crippen molar-refractivity contribution in [3.05, 3.63) is 65.2 Å². The van der Waals surface area contributed by atoms with E-state index in [1.807, 2.05) is 42.5 Å². The van der Waals surface area contributed by atoms with Crippen molar-refractivity contribution in [1.82, 2.24) is 10.6 Å². The molecule has 0 spiro atoms. The highest BCUT2D eigenvalue weighted by Crippen LogP contribution is 2.30. The molecule has 3 N–H and O–H groups in total. The fourth-order valence-corrected chi connectivity index (χ4v) is 3.01. The molecule has 2 atom stereocenters. The van der Waals surface area contributed by atoms with Crippen molar-refractivity contribution in [3.8, 4) is 5.75 Å². The predicted octanol–water partition coefficient (Wildman–Crippen LogP) is 2.78. The highest BCUT2D eigenvalue weighted by atomic mass is 16.5. The number of aliphatic hydroxyl groups is 1. The second kappa shape index (κ2) is 8.03. The average Bonchev–Trinajstić information content (AvgIpc) is 2.66. The maximum atomic E-state index is 12.3. The zero-order valence-electron chi connectivity index (χ0n) is 14.4. The Hall–Kier alpha value is -2.53. The van der Waals surface area contributed by atoms with Gasteiger partial charge in [0.05, 0.1) is 25.3 Å². The first kappa shape index (κ1) is 17.3.